The molecule has 3 aromatic rings. The lowest BCUT2D eigenvalue weighted by Crippen LogP contribution is -1.99. The van der Waals surface area contributed by atoms with E-state index in [9.17, 15) is 4.79 Å². The molecule has 0 aliphatic rings. The van der Waals surface area contributed by atoms with E-state index in [-0.39, 0.29) is 5.57 Å². The van der Waals surface area contributed by atoms with Crippen LogP contribution >= 0.6 is 0 Å². The average Bonchev–Trinajstić information content (AvgIpc) is 2.73. The van der Waals surface area contributed by atoms with Gasteiger partial charge < -0.3 is 15.2 Å². The lowest BCUT2D eigenvalue weighted by molar-refractivity contribution is -0.132. The van der Waals surface area contributed by atoms with Crippen molar-refractivity contribution in [3.8, 4) is 16.9 Å². The fraction of sp³-hybridized carbons (Fsp3) is 0.125. The number of carboxylic acids is 1. The molecule has 0 heterocycles. The summed E-state index contributed by atoms with van der Waals surface area (Å²) >= 11 is 0. The molecular formula is C24H23NO3. The first-order chi connectivity index (χ1) is 13.6. The topological polar surface area (TPSA) is 58.6 Å². The third-order valence-corrected chi connectivity index (χ3v) is 4.43. The summed E-state index contributed by atoms with van der Waals surface area (Å²) in [6.45, 7) is 2.02. The van der Waals surface area contributed by atoms with Crippen molar-refractivity contribution in [2.24, 2.45) is 0 Å². The molecule has 0 atom stereocenters. The standard InChI is InChI=1S/C24H23NO3/c1-17(24(26)27)13-19-11-12-22(20-9-6-10-21(15-20)25-2)23(14-19)28-16-18-7-4-3-5-8-18/h3-15,25H,16H2,1-2H3,(H,26,27)/b17-13+. The van der Waals surface area contributed by atoms with Gasteiger partial charge in [-0.15, -0.1) is 0 Å². The van der Waals surface area contributed by atoms with Crippen LogP contribution in [0, 0.1) is 0 Å². The summed E-state index contributed by atoms with van der Waals surface area (Å²) in [6.07, 6.45) is 1.64. The van der Waals surface area contributed by atoms with E-state index in [2.05, 4.69) is 11.4 Å². The van der Waals surface area contributed by atoms with Crippen molar-refractivity contribution in [3.05, 3.63) is 89.5 Å². The van der Waals surface area contributed by atoms with Crippen LogP contribution < -0.4 is 10.1 Å². The molecule has 0 fully saturated rings. The van der Waals surface area contributed by atoms with Crippen LogP contribution in [0.25, 0.3) is 17.2 Å². The minimum atomic E-state index is -0.933. The van der Waals surface area contributed by atoms with Gasteiger partial charge in [-0.1, -0.05) is 54.6 Å². The van der Waals surface area contributed by atoms with E-state index in [4.69, 9.17) is 9.84 Å². The van der Waals surface area contributed by atoms with Gasteiger partial charge in [-0.2, -0.15) is 0 Å². The maximum absolute atomic E-state index is 11.2. The Labute approximate surface area is 165 Å². The minimum Gasteiger partial charge on any atom is -0.488 e. The molecule has 0 aliphatic heterocycles. The van der Waals surface area contributed by atoms with Crippen LogP contribution in [0.15, 0.2) is 78.4 Å². The quantitative estimate of drug-likeness (QED) is 0.540. The first-order valence-corrected chi connectivity index (χ1v) is 9.07. The highest BCUT2D eigenvalue weighted by molar-refractivity contribution is 5.91. The number of rotatable bonds is 7. The summed E-state index contributed by atoms with van der Waals surface area (Å²) in [6, 6.07) is 23.8. The SMILES string of the molecule is CNc1cccc(-c2ccc(/C=C(\C)C(=O)O)cc2OCc2ccccc2)c1. The van der Waals surface area contributed by atoms with Gasteiger partial charge >= 0.3 is 5.97 Å². The molecular weight excluding hydrogens is 350 g/mol. The van der Waals surface area contributed by atoms with Crippen LogP contribution in [0.5, 0.6) is 5.75 Å². The maximum atomic E-state index is 11.2. The molecule has 4 nitrogen and oxygen atoms in total. The van der Waals surface area contributed by atoms with Crippen LogP contribution in [0.1, 0.15) is 18.1 Å². The van der Waals surface area contributed by atoms with E-state index >= 15 is 0 Å². The number of carbonyl (C=O) groups is 1. The fourth-order valence-electron chi connectivity index (χ4n) is 2.88. The highest BCUT2D eigenvalue weighted by atomic mass is 16.5. The van der Waals surface area contributed by atoms with Crippen LogP contribution in [0.2, 0.25) is 0 Å². The van der Waals surface area contributed by atoms with Crippen LogP contribution in [-0.2, 0) is 11.4 Å². The third-order valence-electron chi connectivity index (χ3n) is 4.43. The highest BCUT2D eigenvalue weighted by Gasteiger charge is 2.10. The molecule has 142 valence electrons. The summed E-state index contributed by atoms with van der Waals surface area (Å²) in [5.74, 6) is -0.221. The number of hydrogen-bond donors (Lipinski definition) is 2. The van der Waals surface area contributed by atoms with Crippen LogP contribution in [0.3, 0.4) is 0 Å². The molecule has 0 amide bonds. The molecule has 3 rings (SSSR count). The van der Waals surface area contributed by atoms with E-state index < -0.39 is 5.97 Å². The Morgan fingerprint density at radius 2 is 1.82 bits per heavy atom. The van der Waals surface area contributed by atoms with Crippen molar-refractivity contribution in [1.82, 2.24) is 0 Å². The number of ether oxygens (including phenoxy) is 1. The number of benzene rings is 3. The van der Waals surface area contributed by atoms with Gasteiger partial charge in [-0.3, -0.25) is 0 Å². The lowest BCUT2D eigenvalue weighted by atomic mass is 10.0. The van der Waals surface area contributed by atoms with Gasteiger partial charge in [0.25, 0.3) is 0 Å². The van der Waals surface area contributed by atoms with E-state index in [1.165, 1.54) is 0 Å². The Morgan fingerprint density at radius 1 is 1.04 bits per heavy atom. The van der Waals surface area contributed by atoms with Crippen LogP contribution in [0.4, 0.5) is 5.69 Å². The fourth-order valence-corrected chi connectivity index (χ4v) is 2.88. The predicted molar refractivity (Wildman–Crippen MR) is 113 cm³/mol. The Kier molecular flexibility index (Phi) is 6.12. The van der Waals surface area contributed by atoms with Gasteiger partial charge in [0.2, 0.25) is 0 Å². The Morgan fingerprint density at radius 3 is 2.54 bits per heavy atom. The van der Waals surface area contributed by atoms with Gasteiger partial charge in [0.15, 0.2) is 0 Å². The van der Waals surface area contributed by atoms with Gasteiger partial charge in [0.05, 0.1) is 0 Å². The van der Waals surface area contributed by atoms with E-state index in [0.717, 1.165) is 27.9 Å². The van der Waals surface area contributed by atoms with Gasteiger partial charge in [0, 0.05) is 23.9 Å². The molecule has 4 heteroatoms. The summed E-state index contributed by atoms with van der Waals surface area (Å²) in [7, 11) is 1.88. The minimum absolute atomic E-state index is 0.277. The van der Waals surface area contributed by atoms with E-state index in [1.54, 1.807) is 13.0 Å². The normalized spacial score (nSPS) is 11.1. The number of hydrogen-bond acceptors (Lipinski definition) is 3. The molecule has 0 aromatic heterocycles. The van der Waals surface area contributed by atoms with Crippen molar-refractivity contribution in [1.29, 1.82) is 0 Å². The first-order valence-electron chi connectivity index (χ1n) is 9.07. The molecule has 3 aromatic carbocycles. The maximum Gasteiger partial charge on any atom is 0.331 e. The number of anilines is 1. The second-order valence-electron chi connectivity index (χ2n) is 6.49. The predicted octanol–water partition coefficient (Wildman–Crippen LogP) is 5.46. The second kappa shape index (κ2) is 8.91. The molecule has 2 N–H and O–H groups in total. The number of aliphatic carboxylic acids is 1. The lowest BCUT2D eigenvalue weighted by Gasteiger charge is -2.14. The molecule has 0 bridgehead atoms. The molecule has 0 aliphatic carbocycles. The van der Waals surface area contributed by atoms with Crippen molar-refractivity contribution >= 4 is 17.7 Å². The zero-order valence-corrected chi connectivity index (χ0v) is 16.0. The summed E-state index contributed by atoms with van der Waals surface area (Å²) < 4.78 is 6.14. The molecule has 28 heavy (non-hydrogen) atoms. The van der Waals surface area contributed by atoms with Crippen molar-refractivity contribution in [2.75, 3.05) is 12.4 Å². The monoisotopic (exact) mass is 373 g/mol. The number of nitrogens with one attached hydrogen (secondary N) is 1. The highest BCUT2D eigenvalue weighted by Crippen LogP contribution is 2.33. The summed E-state index contributed by atoms with van der Waals surface area (Å²) in [5, 5.41) is 12.3. The average molecular weight is 373 g/mol. The zero-order valence-electron chi connectivity index (χ0n) is 16.0. The zero-order chi connectivity index (χ0) is 19.9. The van der Waals surface area contributed by atoms with Gasteiger partial charge in [-0.25, -0.2) is 4.79 Å². The van der Waals surface area contributed by atoms with Crippen molar-refractivity contribution in [3.63, 3.8) is 0 Å². The smallest absolute Gasteiger partial charge is 0.331 e. The van der Waals surface area contributed by atoms with Crippen LogP contribution in [-0.4, -0.2) is 18.1 Å². The van der Waals surface area contributed by atoms with E-state index in [1.807, 2.05) is 73.8 Å². The number of carboxylic acid groups (broad SMARTS) is 1. The largest absolute Gasteiger partial charge is 0.488 e. The molecule has 0 unspecified atom stereocenters. The Bertz CT molecular complexity index is 994. The third kappa shape index (κ3) is 4.80. The van der Waals surface area contributed by atoms with Gasteiger partial charge in [-0.05, 0) is 47.9 Å². The van der Waals surface area contributed by atoms with Gasteiger partial charge in [0.1, 0.15) is 12.4 Å². The molecule has 0 saturated heterocycles. The summed E-state index contributed by atoms with van der Waals surface area (Å²) in [4.78, 5) is 11.2. The van der Waals surface area contributed by atoms with E-state index in [0.29, 0.717) is 12.4 Å². The first kappa shape index (κ1) is 19.2. The summed E-state index contributed by atoms with van der Waals surface area (Å²) in [5.41, 5.74) is 5.13. The molecule has 0 spiro atoms. The second-order valence-corrected chi connectivity index (χ2v) is 6.49. The van der Waals surface area contributed by atoms with Crippen molar-refractivity contribution in [2.45, 2.75) is 13.5 Å². The van der Waals surface area contributed by atoms with Crippen molar-refractivity contribution < 1.29 is 14.6 Å². The molecule has 0 radical (unpaired) electrons. The Hall–Kier alpha value is -3.53. The Balaban J connectivity index is 1.99. The molecule has 0 saturated carbocycles.